The van der Waals surface area contributed by atoms with Crippen molar-refractivity contribution in [3.8, 4) is 0 Å². The molecule has 0 saturated heterocycles. The number of ether oxygens (including phenoxy) is 1. The van der Waals surface area contributed by atoms with Crippen molar-refractivity contribution in [3.63, 3.8) is 0 Å². The van der Waals surface area contributed by atoms with Crippen molar-refractivity contribution in [1.82, 2.24) is 5.32 Å². The van der Waals surface area contributed by atoms with E-state index in [4.69, 9.17) is 4.74 Å². The largest absolute Gasteiger partial charge is 0.465 e. The van der Waals surface area contributed by atoms with Crippen LogP contribution in [0.3, 0.4) is 0 Å². The Labute approximate surface area is 134 Å². The first kappa shape index (κ1) is 17.5. The molecule has 5 heteroatoms. The van der Waals surface area contributed by atoms with Crippen LogP contribution in [0.2, 0.25) is 0 Å². The van der Waals surface area contributed by atoms with E-state index in [0.717, 1.165) is 29.6 Å². The molecular formula is C15H22BrNO2S. The molecule has 0 radical (unpaired) electrons. The molecule has 0 aliphatic rings. The molecule has 0 aliphatic heterocycles. The zero-order valence-electron chi connectivity index (χ0n) is 12.0. The number of carbonyl (C=O) groups is 1. The summed E-state index contributed by atoms with van der Waals surface area (Å²) < 4.78 is 6.18. The molecule has 0 spiro atoms. The van der Waals surface area contributed by atoms with Crippen LogP contribution in [0.5, 0.6) is 0 Å². The zero-order chi connectivity index (χ0) is 14.8. The minimum atomic E-state index is -0.199. The minimum Gasteiger partial charge on any atom is -0.465 e. The van der Waals surface area contributed by atoms with Gasteiger partial charge in [0.15, 0.2) is 0 Å². The Kier molecular flexibility index (Phi) is 8.98. The molecule has 1 aromatic carbocycles. The number of rotatable bonds is 9. The topological polar surface area (TPSA) is 38.3 Å². The van der Waals surface area contributed by atoms with Gasteiger partial charge in [-0.1, -0.05) is 28.9 Å². The first-order chi connectivity index (χ1) is 9.67. The number of benzene rings is 1. The first-order valence-corrected chi connectivity index (χ1v) is 8.73. The highest BCUT2D eigenvalue weighted by molar-refractivity contribution is 9.10. The van der Waals surface area contributed by atoms with E-state index >= 15 is 0 Å². The molecule has 20 heavy (non-hydrogen) atoms. The van der Waals surface area contributed by atoms with Gasteiger partial charge in [-0.05, 0) is 44.5 Å². The lowest BCUT2D eigenvalue weighted by atomic mass is 10.2. The average Bonchev–Trinajstić information content (AvgIpc) is 2.43. The van der Waals surface area contributed by atoms with E-state index in [1.54, 1.807) is 11.8 Å². The summed E-state index contributed by atoms with van der Waals surface area (Å²) in [6.07, 6.45) is 1.78. The summed E-state index contributed by atoms with van der Waals surface area (Å²) in [4.78, 5) is 13.1. The molecule has 1 atom stereocenters. The summed E-state index contributed by atoms with van der Waals surface area (Å²) in [6.45, 7) is 5.20. The fourth-order valence-electron chi connectivity index (χ4n) is 1.72. The lowest BCUT2D eigenvalue weighted by molar-refractivity contribution is -0.145. The molecule has 0 amide bonds. The molecule has 1 unspecified atom stereocenters. The Balaban J connectivity index is 2.42. The maximum absolute atomic E-state index is 11.8. The quantitative estimate of drug-likeness (QED) is 0.536. The van der Waals surface area contributed by atoms with E-state index in [0.29, 0.717) is 6.61 Å². The van der Waals surface area contributed by atoms with Gasteiger partial charge >= 0.3 is 5.97 Å². The number of esters is 1. The highest BCUT2D eigenvalue weighted by atomic mass is 79.9. The van der Waals surface area contributed by atoms with Gasteiger partial charge in [-0.15, -0.1) is 11.8 Å². The van der Waals surface area contributed by atoms with Crippen LogP contribution in [0.25, 0.3) is 0 Å². The van der Waals surface area contributed by atoms with Crippen LogP contribution in [0.15, 0.2) is 33.6 Å². The molecule has 0 aliphatic carbocycles. The standard InChI is InChI=1S/C15H22BrNO2S/c1-3-9-17-14(15(18)19-4-2)8-10-20-13-7-5-6-12(16)11-13/h5-7,11,14,17H,3-4,8-10H2,1-2H3. The van der Waals surface area contributed by atoms with Crippen molar-refractivity contribution in [3.05, 3.63) is 28.7 Å². The van der Waals surface area contributed by atoms with Crippen LogP contribution in [0.4, 0.5) is 0 Å². The number of hydrogen-bond donors (Lipinski definition) is 1. The SMILES string of the molecule is CCCNC(CCSc1cccc(Br)c1)C(=O)OCC. The molecule has 3 nitrogen and oxygen atoms in total. The third-order valence-electron chi connectivity index (χ3n) is 2.68. The van der Waals surface area contributed by atoms with Crippen molar-refractivity contribution in [2.45, 2.75) is 37.6 Å². The molecule has 0 saturated carbocycles. The molecule has 0 bridgehead atoms. The Morgan fingerprint density at radius 1 is 1.45 bits per heavy atom. The van der Waals surface area contributed by atoms with Gasteiger partial charge in [0.2, 0.25) is 0 Å². The van der Waals surface area contributed by atoms with Crippen molar-refractivity contribution in [2.24, 2.45) is 0 Å². The first-order valence-electron chi connectivity index (χ1n) is 6.95. The lowest BCUT2D eigenvalue weighted by Crippen LogP contribution is -2.39. The number of hydrogen-bond acceptors (Lipinski definition) is 4. The maximum atomic E-state index is 11.8. The summed E-state index contributed by atoms with van der Waals surface area (Å²) in [5.74, 6) is 0.743. The maximum Gasteiger partial charge on any atom is 0.323 e. The third-order valence-corrected chi connectivity index (χ3v) is 4.20. The van der Waals surface area contributed by atoms with E-state index < -0.39 is 0 Å². The highest BCUT2D eigenvalue weighted by Gasteiger charge is 2.18. The fourth-order valence-corrected chi connectivity index (χ4v) is 3.24. The Morgan fingerprint density at radius 3 is 2.90 bits per heavy atom. The summed E-state index contributed by atoms with van der Waals surface area (Å²) in [5.41, 5.74) is 0. The third kappa shape index (κ3) is 6.77. The minimum absolute atomic E-state index is 0.143. The van der Waals surface area contributed by atoms with Crippen LogP contribution in [-0.2, 0) is 9.53 Å². The number of carbonyl (C=O) groups excluding carboxylic acids is 1. The molecule has 0 aromatic heterocycles. The van der Waals surface area contributed by atoms with Gasteiger partial charge in [0.1, 0.15) is 6.04 Å². The van der Waals surface area contributed by atoms with Gasteiger partial charge in [-0.25, -0.2) is 0 Å². The van der Waals surface area contributed by atoms with Crippen LogP contribution in [0.1, 0.15) is 26.7 Å². The smallest absolute Gasteiger partial charge is 0.323 e. The van der Waals surface area contributed by atoms with Crippen molar-refractivity contribution in [1.29, 1.82) is 0 Å². The Bertz CT molecular complexity index is 415. The van der Waals surface area contributed by atoms with E-state index in [2.05, 4.69) is 40.3 Å². The Morgan fingerprint density at radius 2 is 2.25 bits per heavy atom. The Hall–Kier alpha value is -0.520. The molecule has 1 aromatic rings. The van der Waals surface area contributed by atoms with E-state index in [-0.39, 0.29) is 12.0 Å². The van der Waals surface area contributed by atoms with Crippen LogP contribution < -0.4 is 5.32 Å². The second-order valence-electron chi connectivity index (χ2n) is 4.35. The second-order valence-corrected chi connectivity index (χ2v) is 6.44. The summed E-state index contributed by atoms with van der Waals surface area (Å²) >= 11 is 5.22. The van der Waals surface area contributed by atoms with Gasteiger partial charge in [0.25, 0.3) is 0 Å². The summed E-state index contributed by atoms with van der Waals surface area (Å²) in [6, 6.07) is 7.99. The molecule has 0 fully saturated rings. The second kappa shape index (κ2) is 10.2. The van der Waals surface area contributed by atoms with Crippen molar-refractivity contribution >= 4 is 33.7 Å². The molecule has 1 rings (SSSR count). The average molecular weight is 360 g/mol. The molecule has 0 heterocycles. The van der Waals surface area contributed by atoms with E-state index in [1.165, 1.54) is 4.90 Å². The highest BCUT2D eigenvalue weighted by Crippen LogP contribution is 2.23. The van der Waals surface area contributed by atoms with Gasteiger partial charge in [-0.2, -0.15) is 0 Å². The number of halogens is 1. The molecular weight excluding hydrogens is 338 g/mol. The zero-order valence-corrected chi connectivity index (χ0v) is 14.4. The fraction of sp³-hybridized carbons (Fsp3) is 0.533. The van der Waals surface area contributed by atoms with Crippen LogP contribution in [-0.4, -0.2) is 30.9 Å². The summed E-state index contributed by atoms with van der Waals surface area (Å²) in [7, 11) is 0. The van der Waals surface area contributed by atoms with Gasteiger partial charge < -0.3 is 10.1 Å². The van der Waals surface area contributed by atoms with Gasteiger partial charge in [-0.3, -0.25) is 4.79 Å². The van der Waals surface area contributed by atoms with Crippen molar-refractivity contribution in [2.75, 3.05) is 18.9 Å². The van der Waals surface area contributed by atoms with Gasteiger partial charge in [0, 0.05) is 15.1 Å². The van der Waals surface area contributed by atoms with Crippen molar-refractivity contribution < 1.29 is 9.53 Å². The van der Waals surface area contributed by atoms with Crippen LogP contribution in [0, 0.1) is 0 Å². The number of thioether (sulfide) groups is 1. The van der Waals surface area contributed by atoms with E-state index in [9.17, 15) is 4.79 Å². The molecule has 1 N–H and O–H groups in total. The predicted molar refractivity (Wildman–Crippen MR) is 88.2 cm³/mol. The van der Waals surface area contributed by atoms with Crippen LogP contribution >= 0.6 is 27.7 Å². The summed E-state index contributed by atoms with van der Waals surface area (Å²) in [5, 5.41) is 3.25. The predicted octanol–water partition coefficient (Wildman–Crippen LogP) is 3.86. The van der Waals surface area contributed by atoms with E-state index in [1.807, 2.05) is 19.1 Å². The normalized spacial score (nSPS) is 12.2. The molecule has 112 valence electrons. The monoisotopic (exact) mass is 359 g/mol. The lowest BCUT2D eigenvalue weighted by Gasteiger charge is -2.16. The van der Waals surface area contributed by atoms with Gasteiger partial charge in [0.05, 0.1) is 6.61 Å². The number of nitrogens with one attached hydrogen (secondary N) is 1.